The van der Waals surface area contributed by atoms with Gasteiger partial charge in [0, 0.05) is 18.7 Å². The third-order valence-corrected chi connectivity index (χ3v) is 3.98. The van der Waals surface area contributed by atoms with E-state index in [1.807, 2.05) is 18.2 Å². The molecule has 1 atom stereocenters. The number of benzene rings is 1. The first-order valence-corrected chi connectivity index (χ1v) is 7.86. The van der Waals surface area contributed by atoms with Crippen LogP contribution in [0.5, 0.6) is 5.75 Å². The summed E-state index contributed by atoms with van der Waals surface area (Å²) in [5, 5.41) is 9.17. The highest BCUT2D eigenvalue weighted by Gasteiger charge is 2.25. The van der Waals surface area contributed by atoms with Crippen LogP contribution in [0.3, 0.4) is 0 Å². The largest absolute Gasteiger partial charge is 0.493 e. The minimum Gasteiger partial charge on any atom is -0.493 e. The van der Waals surface area contributed by atoms with Crippen LogP contribution in [0.1, 0.15) is 38.2 Å². The molecule has 0 aliphatic carbocycles. The highest BCUT2D eigenvalue weighted by molar-refractivity contribution is 5.70. The van der Waals surface area contributed by atoms with Gasteiger partial charge in [-0.15, -0.1) is 0 Å². The molecule has 1 aromatic carbocycles. The van der Waals surface area contributed by atoms with Gasteiger partial charge in [-0.1, -0.05) is 31.5 Å². The second-order valence-corrected chi connectivity index (χ2v) is 5.72. The van der Waals surface area contributed by atoms with Crippen molar-refractivity contribution in [2.75, 3.05) is 19.7 Å². The lowest BCUT2D eigenvalue weighted by Gasteiger charge is -2.31. The number of hydrogen-bond donors (Lipinski definition) is 1. The minimum absolute atomic E-state index is 0.230. The van der Waals surface area contributed by atoms with Gasteiger partial charge in [0.1, 0.15) is 5.75 Å². The predicted octanol–water partition coefficient (Wildman–Crippen LogP) is 3.16. The van der Waals surface area contributed by atoms with Gasteiger partial charge in [0.05, 0.1) is 12.5 Å². The molecule has 1 aliphatic rings. The van der Waals surface area contributed by atoms with Crippen LogP contribution in [-0.4, -0.2) is 35.7 Å². The molecule has 1 unspecified atom stereocenters. The Bertz CT molecular complexity index is 461. The molecule has 116 valence electrons. The number of likely N-dealkylation sites (tertiary alicyclic amines) is 1. The monoisotopic (exact) mass is 291 g/mol. The molecule has 1 aromatic rings. The van der Waals surface area contributed by atoms with E-state index in [0.29, 0.717) is 6.54 Å². The lowest BCUT2D eigenvalue weighted by Crippen LogP contribution is -2.38. The molecular formula is C17H25NO3. The van der Waals surface area contributed by atoms with Crippen LogP contribution < -0.4 is 4.74 Å². The fourth-order valence-electron chi connectivity index (χ4n) is 2.74. The van der Waals surface area contributed by atoms with Gasteiger partial charge in [-0.3, -0.25) is 9.69 Å². The van der Waals surface area contributed by atoms with E-state index in [0.717, 1.165) is 56.7 Å². The van der Waals surface area contributed by atoms with Gasteiger partial charge in [-0.05, 0) is 31.9 Å². The molecule has 0 aromatic heterocycles. The lowest BCUT2D eigenvalue weighted by molar-refractivity contribution is -0.143. The van der Waals surface area contributed by atoms with Crippen molar-refractivity contribution < 1.29 is 14.6 Å². The fraction of sp³-hybridized carbons (Fsp3) is 0.588. The zero-order valence-electron chi connectivity index (χ0n) is 12.8. The SMILES string of the molecule is CCCCOc1ccccc1CN1CCCC(C(=O)O)C1. The summed E-state index contributed by atoms with van der Waals surface area (Å²) in [5.41, 5.74) is 1.15. The quantitative estimate of drug-likeness (QED) is 0.784. The third kappa shape index (κ3) is 4.74. The number of nitrogens with zero attached hydrogens (tertiary/aromatic N) is 1. The maximum atomic E-state index is 11.1. The first kappa shape index (κ1) is 15.8. The Labute approximate surface area is 126 Å². The third-order valence-electron chi connectivity index (χ3n) is 3.98. The van der Waals surface area contributed by atoms with Crippen LogP contribution >= 0.6 is 0 Å². The van der Waals surface area contributed by atoms with Crippen molar-refractivity contribution in [3.63, 3.8) is 0 Å². The number of carboxylic acids is 1. The minimum atomic E-state index is -0.674. The molecular weight excluding hydrogens is 266 g/mol. The Morgan fingerprint density at radius 3 is 3.00 bits per heavy atom. The van der Waals surface area contributed by atoms with Gasteiger partial charge in [0.2, 0.25) is 0 Å². The van der Waals surface area contributed by atoms with Crippen molar-refractivity contribution in [2.45, 2.75) is 39.2 Å². The second-order valence-electron chi connectivity index (χ2n) is 5.72. The molecule has 4 nitrogen and oxygen atoms in total. The maximum absolute atomic E-state index is 11.1. The number of ether oxygens (including phenoxy) is 1. The van der Waals surface area contributed by atoms with Gasteiger partial charge < -0.3 is 9.84 Å². The van der Waals surface area contributed by atoms with Gasteiger partial charge >= 0.3 is 5.97 Å². The van der Waals surface area contributed by atoms with Gasteiger partial charge in [-0.25, -0.2) is 0 Å². The Balaban J connectivity index is 1.96. The molecule has 1 aliphatic heterocycles. The number of para-hydroxylation sites is 1. The Morgan fingerprint density at radius 1 is 1.43 bits per heavy atom. The number of hydrogen-bond acceptors (Lipinski definition) is 3. The lowest BCUT2D eigenvalue weighted by atomic mass is 9.98. The molecule has 1 saturated heterocycles. The van der Waals surface area contributed by atoms with Gasteiger partial charge in [-0.2, -0.15) is 0 Å². The Morgan fingerprint density at radius 2 is 2.24 bits per heavy atom. The highest BCUT2D eigenvalue weighted by Crippen LogP contribution is 2.24. The topological polar surface area (TPSA) is 49.8 Å². The molecule has 0 spiro atoms. The molecule has 4 heteroatoms. The molecule has 0 bridgehead atoms. The molecule has 1 fully saturated rings. The predicted molar refractivity (Wildman–Crippen MR) is 82.5 cm³/mol. The standard InChI is InChI=1S/C17H25NO3/c1-2-3-11-21-16-9-5-4-7-14(16)12-18-10-6-8-15(13-18)17(19)20/h4-5,7,9,15H,2-3,6,8,10-13H2,1H3,(H,19,20). The molecule has 2 rings (SSSR count). The molecule has 0 radical (unpaired) electrons. The van der Waals surface area contributed by atoms with Gasteiger partial charge in [0.15, 0.2) is 0 Å². The summed E-state index contributed by atoms with van der Waals surface area (Å²) in [6, 6.07) is 8.08. The number of carboxylic acid groups (broad SMARTS) is 1. The first-order valence-electron chi connectivity index (χ1n) is 7.86. The summed E-state index contributed by atoms with van der Waals surface area (Å²) in [4.78, 5) is 13.4. The molecule has 0 amide bonds. The summed E-state index contributed by atoms with van der Waals surface area (Å²) in [5.74, 6) is 0.0301. The van der Waals surface area contributed by atoms with Crippen molar-refractivity contribution in [1.82, 2.24) is 4.90 Å². The highest BCUT2D eigenvalue weighted by atomic mass is 16.5. The van der Waals surface area contributed by atoms with Crippen LogP contribution in [0.25, 0.3) is 0 Å². The van der Waals surface area contributed by atoms with E-state index < -0.39 is 5.97 Å². The van der Waals surface area contributed by atoms with Crippen LogP contribution in [0.2, 0.25) is 0 Å². The summed E-state index contributed by atoms with van der Waals surface area (Å²) in [6.07, 6.45) is 3.92. The average molecular weight is 291 g/mol. The van der Waals surface area contributed by atoms with Crippen LogP contribution in [0, 0.1) is 5.92 Å². The van der Waals surface area contributed by atoms with E-state index in [-0.39, 0.29) is 5.92 Å². The number of carbonyl (C=O) groups is 1. The molecule has 21 heavy (non-hydrogen) atoms. The van der Waals surface area contributed by atoms with Crippen molar-refractivity contribution >= 4 is 5.97 Å². The van der Waals surface area contributed by atoms with E-state index in [4.69, 9.17) is 9.84 Å². The number of unbranched alkanes of at least 4 members (excludes halogenated alkanes) is 1. The smallest absolute Gasteiger partial charge is 0.307 e. The summed E-state index contributed by atoms with van der Waals surface area (Å²) >= 11 is 0. The number of aliphatic carboxylic acids is 1. The molecule has 1 heterocycles. The van der Waals surface area contributed by atoms with E-state index in [9.17, 15) is 4.79 Å². The molecule has 0 saturated carbocycles. The van der Waals surface area contributed by atoms with Crippen LogP contribution in [0.4, 0.5) is 0 Å². The number of piperidine rings is 1. The zero-order chi connectivity index (χ0) is 15.1. The Kier molecular flexibility index (Phi) is 6.05. The summed E-state index contributed by atoms with van der Waals surface area (Å²) < 4.78 is 5.85. The van der Waals surface area contributed by atoms with Crippen molar-refractivity contribution in [1.29, 1.82) is 0 Å². The van der Waals surface area contributed by atoms with Crippen LogP contribution in [0.15, 0.2) is 24.3 Å². The second kappa shape index (κ2) is 8.03. The summed E-state index contributed by atoms with van der Waals surface area (Å²) in [7, 11) is 0. The van der Waals surface area contributed by atoms with E-state index in [1.165, 1.54) is 0 Å². The average Bonchev–Trinajstić information content (AvgIpc) is 2.49. The first-order chi connectivity index (χ1) is 10.2. The summed E-state index contributed by atoms with van der Waals surface area (Å²) in [6.45, 7) is 5.26. The fourth-order valence-corrected chi connectivity index (χ4v) is 2.74. The Hall–Kier alpha value is -1.55. The normalized spacial score (nSPS) is 19.4. The van der Waals surface area contributed by atoms with E-state index in [1.54, 1.807) is 0 Å². The maximum Gasteiger partial charge on any atom is 0.307 e. The van der Waals surface area contributed by atoms with Crippen molar-refractivity contribution in [3.05, 3.63) is 29.8 Å². The van der Waals surface area contributed by atoms with E-state index in [2.05, 4.69) is 17.9 Å². The zero-order valence-corrected chi connectivity index (χ0v) is 12.8. The molecule has 1 N–H and O–H groups in total. The van der Waals surface area contributed by atoms with E-state index >= 15 is 0 Å². The van der Waals surface area contributed by atoms with Gasteiger partial charge in [0.25, 0.3) is 0 Å². The van der Waals surface area contributed by atoms with Crippen LogP contribution in [-0.2, 0) is 11.3 Å². The van der Waals surface area contributed by atoms with Crippen molar-refractivity contribution in [2.24, 2.45) is 5.92 Å². The van der Waals surface area contributed by atoms with Crippen molar-refractivity contribution in [3.8, 4) is 5.75 Å². The number of rotatable bonds is 7.